The van der Waals surface area contributed by atoms with Crippen molar-refractivity contribution < 1.29 is 0 Å². The topological polar surface area (TPSA) is 30.9 Å². The van der Waals surface area contributed by atoms with E-state index >= 15 is 0 Å². The van der Waals surface area contributed by atoms with Gasteiger partial charge in [-0.25, -0.2) is 0 Å². The molecule has 2 saturated heterocycles. The molecule has 0 aromatic rings. The van der Waals surface area contributed by atoms with Crippen LogP contribution in [0.15, 0.2) is 4.99 Å². The van der Waals surface area contributed by atoms with Gasteiger partial charge >= 0.3 is 0 Å². The van der Waals surface area contributed by atoms with Crippen LogP contribution < -0.4 is 5.32 Å². The summed E-state index contributed by atoms with van der Waals surface area (Å²) >= 11 is 2.08. The van der Waals surface area contributed by atoms with Crippen molar-refractivity contribution in [2.45, 2.75) is 58.2 Å². The van der Waals surface area contributed by atoms with Gasteiger partial charge in [0.2, 0.25) is 0 Å². The number of halogens is 1. The average Bonchev–Trinajstić information content (AvgIpc) is 2.50. The molecule has 0 amide bonds. The SMILES string of the molecule is CCNC(=NCC1CCCN(C(C)C)C1)N1CCSC(C)(C)C1.I. The van der Waals surface area contributed by atoms with Crippen LogP contribution in [-0.4, -0.2) is 71.6 Å². The molecular weight excluding hydrogens is 431 g/mol. The smallest absolute Gasteiger partial charge is 0.193 e. The van der Waals surface area contributed by atoms with E-state index in [1.165, 1.54) is 31.7 Å². The third kappa shape index (κ3) is 6.90. The minimum absolute atomic E-state index is 0. The maximum absolute atomic E-state index is 5.02. The summed E-state index contributed by atoms with van der Waals surface area (Å²) in [5.74, 6) is 3.04. The van der Waals surface area contributed by atoms with Crippen LogP contribution in [0.2, 0.25) is 0 Å². The Hall–Kier alpha value is 0.310. The molecule has 0 radical (unpaired) electrons. The zero-order valence-electron chi connectivity index (χ0n) is 16.2. The first-order chi connectivity index (χ1) is 10.9. The number of nitrogens with one attached hydrogen (secondary N) is 1. The van der Waals surface area contributed by atoms with Crippen molar-refractivity contribution in [3.8, 4) is 0 Å². The van der Waals surface area contributed by atoms with Gasteiger partial charge in [-0.1, -0.05) is 0 Å². The number of hydrogen-bond donors (Lipinski definition) is 1. The lowest BCUT2D eigenvalue weighted by Gasteiger charge is -2.39. The highest BCUT2D eigenvalue weighted by Crippen LogP contribution is 2.29. The maximum Gasteiger partial charge on any atom is 0.193 e. The van der Waals surface area contributed by atoms with Crippen LogP contribution in [0.5, 0.6) is 0 Å². The summed E-state index contributed by atoms with van der Waals surface area (Å²) < 4.78 is 0.327. The highest BCUT2D eigenvalue weighted by atomic mass is 127. The van der Waals surface area contributed by atoms with Crippen molar-refractivity contribution in [1.29, 1.82) is 0 Å². The van der Waals surface area contributed by atoms with Gasteiger partial charge in [-0.05, 0) is 59.9 Å². The molecule has 2 rings (SSSR count). The number of aliphatic imine (C=N–C) groups is 1. The van der Waals surface area contributed by atoms with Crippen LogP contribution in [0, 0.1) is 5.92 Å². The van der Waals surface area contributed by atoms with Crippen LogP contribution in [0.4, 0.5) is 0 Å². The minimum atomic E-state index is 0. The number of hydrogen-bond acceptors (Lipinski definition) is 3. The van der Waals surface area contributed by atoms with Crippen molar-refractivity contribution in [3.63, 3.8) is 0 Å². The summed E-state index contributed by atoms with van der Waals surface area (Å²) in [5, 5.41) is 3.52. The van der Waals surface area contributed by atoms with Gasteiger partial charge in [0.1, 0.15) is 0 Å². The molecule has 6 heteroatoms. The van der Waals surface area contributed by atoms with Gasteiger partial charge in [0.25, 0.3) is 0 Å². The van der Waals surface area contributed by atoms with Gasteiger partial charge in [0.15, 0.2) is 5.96 Å². The fourth-order valence-corrected chi connectivity index (χ4v) is 4.67. The van der Waals surface area contributed by atoms with Gasteiger partial charge in [-0.2, -0.15) is 11.8 Å². The van der Waals surface area contributed by atoms with E-state index in [2.05, 4.69) is 61.5 Å². The highest BCUT2D eigenvalue weighted by Gasteiger charge is 2.29. The molecule has 0 spiro atoms. The zero-order valence-corrected chi connectivity index (χ0v) is 19.3. The first kappa shape index (κ1) is 22.4. The predicted molar refractivity (Wildman–Crippen MR) is 119 cm³/mol. The van der Waals surface area contributed by atoms with Crippen LogP contribution in [0.25, 0.3) is 0 Å². The van der Waals surface area contributed by atoms with E-state index in [-0.39, 0.29) is 24.0 Å². The Balaban J connectivity index is 0.00000288. The molecule has 2 aliphatic heterocycles. The second-order valence-corrected chi connectivity index (χ2v) is 9.62. The zero-order chi connectivity index (χ0) is 16.9. The molecule has 0 aromatic carbocycles. The van der Waals surface area contributed by atoms with Crippen LogP contribution >= 0.6 is 35.7 Å². The Morgan fingerprint density at radius 3 is 2.71 bits per heavy atom. The van der Waals surface area contributed by atoms with Gasteiger partial charge in [0, 0.05) is 49.3 Å². The largest absolute Gasteiger partial charge is 0.357 e. The minimum Gasteiger partial charge on any atom is -0.357 e. The molecule has 2 aliphatic rings. The first-order valence-electron chi connectivity index (χ1n) is 9.32. The molecule has 24 heavy (non-hydrogen) atoms. The van der Waals surface area contributed by atoms with E-state index in [4.69, 9.17) is 4.99 Å². The van der Waals surface area contributed by atoms with Crippen LogP contribution in [-0.2, 0) is 0 Å². The van der Waals surface area contributed by atoms with Gasteiger partial charge in [0.05, 0.1) is 0 Å². The molecule has 2 heterocycles. The Kier molecular flexibility index (Phi) is 9.74. The molecule has 1 unspecified atom stereocenters. The molecule has 1 atom stereocenters. The van der Waals surface area contributed by atoms with Gasteiger partial charge < -0.3 is 15.1 Å². The summed E-state index contributed by atoms with van der Waals surface area (Å²) in [7, 11) is 0. The van der Waals surface area contributed by atoms with Crippen molar-refractivity contribution in [1.82, 2.24) is 15.1 Å². The number of thioether (sulfide) groups is 1. The summed E-state index contributed by atoms with van der Waals surface area (Å²) in [4.78, 5) is 10.1. The lowest BCUT2D eigenvalue weighted by atomic mass is 9.97. The summed E-state index contributed by atoms with van der Waals surface area (Å²) in [6, 6.07) is 0.662. The van der Waals surface area contributed by atoms with E-state index < -0.39 is 0 Å². The van der Waals surface area contributed by atoms with Crippen molar-refractivity contribution >= 4 is 41.7 Å². The second-order valence-electron chi connectivity index (χ2n) is 7.82. The fourth-order valence-electron chi connectivity index (χ4n) is 3.55. The monoisotopic (exact) mass is 468 g/mol. The number of piperidine rings is 1. The number of rotatable bonds is 4. The van der Waals surface area contributed by atoms with Crippen molar-refractivity contribution in [2.75, 3.05) is 45.0 Å². The molecular formula is C18H37IN4S. The third-order valence-corrected chi connectivity index (χ3v) is 6.14. The molecule has 0 saturated carbocycles. The molecule has 0 bridgehead atoms. The number of likely N-dealkylation sites (tertiary alicyclic amines) is 1. The van der Waals surface area contributed by atoms with E-state index in [0.29, 0.717) is 16.7 Å². The molecule has 2 fully saturated rings. The van der Waals surface area contributed by atoms with Crippen LogP contribution in [0.3, 0.4) is 0 Å². The Labute approximate surface area is 170 Å². The number of guanidine groups is 1. The standard InChI is InChI=1S/C18H36N4S.HI/c1-6-19-17(22-10-11-23-18(4,5)14-22)20-12-16-8-7-9-21(13-16)15(2)3;/h15-16H,6-14H2,1-5H3,(H,19,20);1H. The highest BCUT2D eigenvalue weighted by molar-refractivity contribution is 14.0. The first-order valence-corrected chi connectivity index (χ1v) is 10.3. The Morgan fingerprint density at radius 2 is 2.08 bits per heavy atom. The summed E-state index contributed by atoms with van der Waals surface area (Å²) in [5.41, 5.74) is 0. The van der Waals surface area contributed by atoms with E-state index in [0.717, 1.165) is 32.1 Å². The fraction of sp³-hybridized carbons (Fsp3) is 0.944. The molecule has 0 aromatic heterocycles. The third-order valence-electron chi connectivity index (χ3n) is 4.84. The van der Waals surface area contributed by atoms with Crippen LogP contribution in [0.1, 0.15) is 47.5 Å². The Morgan fingerprint density at radius 1 is 1.33 bits per heavy atom. The Bertz CT molecular complexity index is 400. The molecule has 4 nitrogen and oxygen atoms in total. The average molecular weight is 468 g/mol. The number of nitrogens with zero attached hydrogens (tertiary/aromatic N) is 3. The summed E-state index contributed by atoms with van der Waals surface area (Å²) in [6.07, 6.45) is 2.65. The lowest BCUT2D eigenvalue weighted by molar-refractivity contribution is 0.143. The molecule has 142 valence electrons. The lowest BCUT2D eigenvalue weighted by Crippen LogP contribution is -2.51. The molecule has 0 aliphatic carbocycles. The maximum atomic E-state index is 5.02. The van der Waals surface area contributed by atoms with Gasteiger partial charge in [-0.3, -0.25) is 4.99 Å². The van der Waals surface area contributed by atoms with Gasteiger partial charge in [-0.15, -0.1) is 24.0 Å². The molecule has 1 N–H and O–H groups in total. The van der Waals surface area contributed by atoms with E-state index in [1.807, 2.05) is 0 Å². The van der Waals surface area contributed by atoms with Crippen molar-refractivity contribution in [2.24, 2.45) is 10.9 Å². The predicted octanol–water partition coefficient (Wildman–Crippen LogP) is 3.52. The quantitative estimate of drug-likeness (QED) is 0.389. The van der Waals surface area contributed by atoms with E-state index in [1.54, 1.807) is 0 Å². The second kappa shape index (κ2) is 10.5. The van der Waals surface area contributed by atoms with Crippen molar-refractivity contribution in [3.05, 3.63) is 0 Å². The summed E-state index contributed by atoms with van der Waals surface area (Å²) in [6.45, 7) is 18.1. The van der Waals surface area contributed by atoms with E-state index in [9.17, 15) is 0 Å². The normalized spacial score (nSPS) is 25.5.